The second-order valence-corrected chi connectivity index (χ2v) is 7.99. The normalized spacial score (nSPS) is 14.2. The second kappa shape index (κ2) is 6.24. The fourth-order valence-electron chi connectivity index (χ4n) is 2.26. The Kier molecular flexibility index (Phi) is 4.28. The van der Waals surface area contributed by atoms with E-state index in [1.807, 2.05) is 32.0 Å². The third-order valence-corrected chi connectivity index (χ3v) is 5.85. The summed E-state index contributed by atoms with van der Waals surface area (Å²) in [5.41, 5.74) is 3.40. The van der Waals surface area contributed by atoms with Crippen molar-refractivity contribution >= 4 is 27.3 Å². The summed E-state index contributed by atoms with van der Waals surface area (Å²) < 4.78 is 26.5. The van der Waals surface area contributed by atoms with Crippen molar-refractivity contribution in [1.82, 2.24) is 4.98 Å². The topological polar surface area (TPSA) is 88.2 Å². The van der Waals surface area contributed by atoms with Crippen LogP contribution in [0, 0.1) is 13.8 Å². The van der Waals surface area contributed by atoms with Crippen molar-refractivity contribution in [2.45, 2.75) is 31.9 Å². The van der Waals surface area contributed by atoms with Crippen LogP contribution in [0.1, 0.15) is 34.5 Å². The zero-order valence-electron chi connectivity index (χ0n) is 13.5. The van der Waals surface area contributed by atoms with Gasteiger partial charge in [-0.05, 0) is 62.1 Å². The quantitative estimate of drug-likeness (QED) is 0.872. The van der Waals surface area contributed by atoms with E-state index in [-0.39, 0.29) is 16.9 Å². The van der Waals surface area contributed by atoms with Crippen molar-refractivity contribution < 1.29 is 13.2 Å². The van der Waals surface area contributed by atoms with E-state index in [1.165, 1.54) is 18.3 Å². The second-order valence-electron chi connectivity index (χ2n) is 6.03. The summed E-state index contributed by atoms with van der Waals surface area (Å²) in [4.78, 5) is 16.3. The molecule has 2 aromatic rings. The molecule has 24 heavy (non-hydrogen) atoms. The maximum atomic E-state index is 12.3. The highest BCUT2D eigenvalue weighted by molar-refractivity contribution is 7.93. The molecule has 3 rings (SSSR count). The molecule has 0 unspecified atom stereocenters. The van der Waals surface area contributed by atoms with Crippen molar-refractivity contribution in [2.75, 3.05) is 10.0 Å². The van der Waals surface area contributed by atoms with Crippen LogP contribution in [-0.2, 0) is 10.0 Å². The standard InChI is InChI=1S/C17H19N3O3S/c1-11-3-4-13(9-12(11)2)19-17(21)16-10-14(7-8-18-16)20-24(22,23)15-5-6-15/h3-4,7-10,15H,5-6H2,1-2H3,(H,18,20)(H,19,21). The average molecular weight is 345 g/mol. The van der Waals surface area contributed by atoms with Crippen molar-refractivity contribution in [2.24, 2.45) is 0 Å². The lowest BCUT2D eigenvalue weighted by atomic mass is 10.1. The molecule has 1 saturated carbocycles. The molecule has 126 valence electrons. The molecule has 1 aliphatic carbocycles. The fourth-order valence-corrected chi connectivity index (χ4v) is 3.64. The molecule has 1 aliphatic rings. The van der Waals surface area contributed by atoms with Crippen LogP contribution in [0.25, 0.3) is 0 Å². The molecule has 7 heteroatoms. The fraction of sp³-hybridized carbons (Fsp3) is 0.294. The summed E-state index contributed by atoms with van der Waals surface area (Å²) in [6, 6.07) is 8.61. The first-order chi connectivity index (χ1) is 11.3. The molecule has 2 N–H and O–H groups in total. The molecule has 0 bridgehead atoms. The van der Waals surface area contributed by atoms with E-state index in [0.29, 0.717) is 24.2 Å². The summed E-state index contributed by atoms with van der Waals surface area (Å²) >= 11 is 0. The Morgan fingerprint density at radius 3 is 2.50 bits per heavy atom. The van der Waals surface area contributed by atoms with Gasteiger partial charge in [-0.2, -0.15) is 0 Å². The summed E-state index contributed by atoms with van der Waals surface area (Å²) in [5, 5.41) is 2.45. The van der Waals surface area contributed by atoms with E-state index >= 15 is 0 Å². The molecule has 1 amide bonds. The van der Waals surface area contributed by atoms with Crippen LogP contribution < -0.4 is 10.0 Å². The predicted molar refractivity (Wildman–Crippen MR) is 93.7 cm³/mol. The molecular weight excluding hydrogens is 326 g/mol. The summed E-state index contributed by atoms with van der Waals surface area (Å²) in [7, 11) is -3.36. The highest BCUT2D eigenvalue weighted by Gasteiger charge is 2.35. The van der Waals surface area contributed by atoms with E-state index in [2.05, 4.69) is 15.0 Å². The number of nitrogens with zero attached hydrogens (tertiary/aromatic N) is 1. The number of carbonyl (C=O) groups excluding carboxylic acids is 1. The summed E-state index contributed by atoms with van der Waals surface area (Å²) in [6.07, 6.45) is 2.78. The Labute approximate surface area is 141 Å². The summed E-state index contributed by atoms with van der Waals surface area (Å²) in [5.74, 6) is -0.384. The Hall–Kier alpha value is -2.41. The first-order valence-corrected chi connectivity index (χ1v) is 9.26. The number of hydrogen-bond donors (Lipinski definition) is 2. The minimum atomic E-state index is -3.36. The Morgan fingerprint density at radius 2 is 1.83 bits per heavy atom. The van der Waals surface area contributed by atoms with Gasteiger partial charge < -0.3 is 5.32 Å². The lowest BCUT2D eigenvalue weighted by Crippen LogP contribution is -2.18. The van der Waals surface area contributed by atoms with E-state index in [4.69, 9.17) is 0 Å². The number of rotatable bonds is 5. The smallest absolute Gasteiger partial charge is 0.274 e. The van der Waals surface area contributed by atoms with Crippen molar-refractivity contribution in [3.8, 4) is 0 Å². The number of amides is 1. The number of nitrogens with one attached hydrogen (secondary N) is 2. The lowest BCUT2D eigenvalue weighted by Gasteiger charge is -2.09. The monoisotopic (exact) mass is 345 g/mol. The number of anilines is 2. The molecule has 0 atom stereocenters. The third-order valence-electron chi connectivity index (χ3n) is 3.98. The maximum absolute atomic E-state index is 12.3. The number of aromatic nitrogens is 1. The van der Waals surface area contributed by atoms with Crippen LogP contribution >= 0.6 is 0 Å². The van der Waals surface area contributed by atoms with Gasteiger partial charge in [0.15, 0.2) is 0 Å². The van der Waals surface area contributed by atoms with Gasteiger partial charge in [0.25, 0.3) is 5.91 Å². The molecule has 0 spiro atoms. The summed E-state index contributed by atoms with van der Waals surface area (Å²) in [6.45, 7) is 3.97. The zero-order chi connectivity index (χ0) is 17.3. The number of benzene rings is 1. The number of pyridine rings is 1. The number of sulfonamides is 1. The van der Waals surface area contributed by atoms with Gasteiger partial charge in [-0.1, -0.05) is 6.07 Å². The predicted octanol–water partition coefficient (Wildman–Crippen LogP) is 2.85. The SMILES string of the molecule is Cc1ccc(NC(=O)c2cc(NS(=O)(=O)C3CC3)ccn2)cc1C. The van der Waals surface area contributed by atoms with Crippen LogP contribution in [0.5, 0.6) is 0 Å². The minimum Gasteiger partial charge on any atom is -0.321 e. The van der Waals surface area contributed by atoms with Gasteiger partial charge in [0.05, 0.1) is 10.9 Å². The van der Waals surface area contributed by atoms with E-state index in [0.717, 1.165) is 11.1 Å². The average Bonchev–Trinajstić information content (AvgIpc) is 3.36. The molecule has 0 saturated heterocycles. The molecule has 1 aromatic carbocycles. The Balaban J connectivity index is 1.75. The van der Waals surface area contributed by atoms with Crippen molar-refractivity contribution in [3.05, 3.63) is 53.3 Å². The lowest BCUT2D eigenvalue weighted by molar-refractivity contribution is 0.102. The van der Waals surface area contributed by atoms with Crippen molar-refractivity contribution in [1.29, 1.82) is 0 Å². The van der Waals surface area contributed by atoms with Crippen molar-refractivity contribution in [3.63, 3.8) is 0 Å². The van der Waals surface area contributed by atoms with E-state index in [9.17, 15) is 13.2 Å². The molecule has 1 fully saturated rings. The molecule has 1 heterocycles. The van der Waals surface area contributed by atoms with E-state index in [1.54, 1.807) is 0 Å². The Bertz CT molecular complexity index is 890. The molecule has 0 radical (unpaired) electrons. The highest BCUT2D eigenvalue weighted by Crippen LogP contribution is 2.29. The van der Waals surface area contributed by atoms with Crippen LogP contribution in [0.2, 0.25) is 0 Å². The van der Waals surface area contributed by atoms with Gasteiger partial charge in [-0.15, -0.1) is 0 Å². The third kappa shape index (κ3) is 3.73. The van der Waals surface area contributed by atoms with Gasteiger partial charge in [-0.25, -0.2) is 8.42 Å². The molecular formula is C17H19N3O3S. The van der Waals surface area contributed by atoms with Gasteiger partial charge in [-0.3, -0.25) is 14.5 Å². The Morgan fingerprint density at radius 1 is 1.08 bits per heavy atom. The van der Waals surface area contributed by atoms with Crippen LogP contribution in [-0.4, -0.2) is 24.6 Å². The maximum Gasteiger partial charge on any atom is 0.274 e. The van der Waals surface area contributed by atoms with Gasteiger partial charge in [0.2, 0.25) is 10.0 Å². The number of carbonyl (C=O) groups is 1. The highest BCUT2D eigenvalue weighted by atomic mass is 32.2. The van der Waals surface area contributed by atoms with Crippen LogP contribution in [0.3, 0.4) is 0 Å². The number of aryl methyl sites for hydroxylation is 2. The zero-order valence-corrected chi connectivity index (χ0v) is 14.4. The minimum absolute atomic E-state index is 0.157. The van der Waals surface area contributed by atoms with Gasteiger partial charge in [0, 0.05) is 11.9 Å². The van der Waals surface area contributed by atoms with Crippen LogP contribution in [0.4, 0.5) is 11.4 Å². The largest absolute Gasteiger partial charge is 0.321 e. The van der Waals surface area contributed by atoms with Gasteiger partial charge >= 0.3 is 0 Å². The van der Waals surface area contributed by atoms with Crippen LogP contribution in [0.15, 0.2) is 36.5 Å². The molecule has 6 nitrogen and oxygen atoms in total. The van der Waals surface area contributed by atoms with Gasteiger partial charge in [0.1, 0.15) is 5.69 Å². The van der Waals surface area contributed by atoms with E-state index < -0.39 is 10.0 Å². The molecule has 0 aliphatic heterocycles. The first-order valence-electron chi connectivity index (χ1n) is 7.71. The first kappa shape index (κ1) is 16.4. The number of hydrogen-bond acceptors (Lipinski definition) is 4. The molecule has 1 aromatic heterocycles.